The molecule has 0 saturated heterocycles. The Balaban J connectivity index is 1.36. The molecule has 30 heavy (non-hydrogen) atoms. The van der Waals surface area contributed by atoms with Gasteiger partial charge in [0.2, 0.25) is 0 Å². The van der Waals surface area contributed by atoms with E-state index in [4.69, 9.17) is 11.6 Å². The van der Waals surface area contributed by atoms with Crippen molar-refractivity contribution in [3.05, 3.63) is 88.4 Å². The fourth-order valence-electron chi connectivity index (χ4n) is 3.31. The van der Waals surface area contributed by atoms with E-state index < -0.39 is 0 Å². The number of carbonyl (C=O) groups excluding carboxylic acids is 3. The molecule has 8 heteroatoms. The van der Waals surface area contributed by atoms with Crippen LogP contribution >= 0.6 is 22.9 Å². The molecule has 1 aliphatic rings. The SMILES string of the molecule is O=C(Nc1nc2ccc(Cl)cc2s1)c1ccc(N2C(=O)c3ccccc3C2=O)cc1. The van der Waals surface area contributed by atoms with E-state index in [-0.39, 0.29) is 17.7 Å². The average Bonchev–Trinajstić information content (AvgIpc) is 3.26. The summed E-state index contributed by atoms with van der Waals surface area (Å²) in [6.07, 6.45) is 0. The molecule has 0 atom stereocenters. The Morgan fingerprint density at radius 2 is 1.60 bits per heavy atom. The van der Waals surface area contributed by atoms with Crippen LogP contribution in [-0.4, -0.2) is 22.7 Å². The fraction of sp³-hybridized carbons (Fsp3) is 0. The lowest BCUT2D eigenvalue weighted by atomic mass is 10.1. The molecule has 2 heterocycles. The number of benzene rings is 3. The minimum atomic E-state index is -0.374. The summed E-state index contributed by atoms with van der Waals surface area (Å²) in [5.41, 5.74) is 2.29. The number of nitrogens with one attached hydrogen (secondary N) is 1. The van der Waals surface area contributed by atoms with Gasteiger partial charge in [0.1, 0.15) is 0 Å². The number of anilines is 2. The second-order valence-corrected chi connectivity index (χ2v) is 8.09. The van der Waals surface area contributed by atoms with Gasteiger partial charge in [-0.3, -0.25) is 19.7 Å². The Hall–Kier alpha value is -3.55. The van der Waals surface area contributed by atoms with Gasteiger partial charge in [-0.1, -0.05) is 35.1 Å². The number of nitrogens with zero attached hydrogens (tertiary/aromatic N) is 2. The predicted molar refractivity (Wildman–Crippen MR) is 117 cm³/mol. The van der Waals surface area contributed by atoms with Crippen molar-refractivity contribution >= 4 is 61.7 Å². The van der Waals surface area contributed by atoms with Gasteiger partial charge in [-0.25, -0.2) is 9.88 Å². The van der Waals surface area contributed by atoms with E-state index in [0.717, 1.165) is 15.1 Å². The van der Waals surface area contributed by atoms with E-state index >= 15 is 0 Å². The van der Waals surface area contributed by atoms with Gasteiger partial charge in [-0.15, -0.1) is 0 Å². The molecule has 1 aliphatic heterocycles. The third-order valence-corrected chi connectivity index (χ3v) is 5.92. The number of aromatic nitrogens is 1. The van der Waals surface area contributed by atoms with Crippen molar-refractivity contribution in [1.29, 1.82) is 0 Å². The van der Waals surface area contributed by atoms with Gasteiger partial charge in [0.05, 0.1) is 27.0 Å². The summed E-state index contributed by atoms with van der Waals surface area (Å²) in [6, 6.07) is 18.3. The van der Waals surface area contributed by atoms with Crippen molar-refractivity contribution in [2.75, 3.05) is 10.2 Å². The zero-order chi connectivity index (χ0) is 20.8. The average molecular weight is 434 g/mol. The highest BCUT2D eigenvalue weighted by atomic mass is 35.5. The van der Waals surface area contributed by atoms with Crippen LogP contribution in [-0.2, 0) is 0 Å². The number of imide groups is 1. The van der Waals surface area contributed by atoms with E-state index in [0.29, 0.717) is 32.5 Å². The maximum Gasteiger partial charge on any atom is 0.266 e. The minimum Gasteiger partial charge on any atom is -0.298 e. The molecule has 0 radical (unpaired) electrons. The Kier molecular flexibility index (Phi) is 4.34. The lowest BCUT2D eigenvalue weighted by molar-refractivity contribution is 0.0925. The van der Waals surface area contributed by atoms with Gasteiger partial charge < -0.3 is 0 Å². The topological polar surface area (TPSA) is 79.4 Å². The molecule has 3 amide bonds. The fourth-order valence-corrected chi connectivity index (χ4v) is 4.44. The Bertz CT molecular complexity index is 1310. The monoisotopic (exact) mass is 433 g/mol. The first-order valence-corrected chi connectivity index (χ1v) is 10.2. The van der Waals surface area contributed by atoms with Gasteiger partial charge in [0.15, 0.2) is 5.13 Å². The van der Waals surface area contributed by atoms with Crippen molar-refractivity contribution in [2.24, 2.45) is 0 Å². The quantitative estimate of drug-likeness (QED) is 0.461. The molecule has 6 nitrogen and oxygen atoms in total. The molecular weight excluding hydrogens is 422 g/mol. The maximum atomic E-state index is 12.6. The Morgan fingerprint density at radius 3 is 2.27 bits per heavy atom. The summed E-state index contributed by atoms with van der Waals surface area (Å²) in [4.78, 5) is 43.2. The molecule has 0 fully saturated rings. The van der Waals surface area contributed by atoms with Crippen molar-refractivity contribution in [3.63, 3.8) is 0 Å². The molecule has 0 spiro atoms. The van der Waals surface area contributed by atoms with Gasteiger partial charge in [0, 0.05) is 10.6 Å². The molecule has 1 aromatic heterocycles. The van der Waals surface area contributed by atoms with Crippen molar-refractivity contribution < 1.29 is 14.4 Å². The predicted octanol–water partition coefficient (Wildman–Crippen LogP) is 5.00. The largest absolute Gasteiger partial charge is 0.298 e. The molecule has 146 valence electrons. The lowest BCUT2D eigenvalue weighted by Gasteiger charge is -2.14. The number of carbonyl (C=O) groups is 3. The molecule has 0 aliphatic carbocycles. The van der Waals surface area contributed by atoms with Crippen LogP contribution < -0.4 is 10.2 Å². The number of thiazole rings is 1. The summed E-state index contributed by atoms with van der Waals surface area (Å²) < 4.78 is 0.874. The second-order valence-electron chi connectivity index (χ2n) is 6.62. The van der Waals surface area contributed by atoms with Crippen LogP contribution in [0.3, 0.4) is 0 Å². The number of rotatable bonds is 3. The van der Waals surface area contributed by atoms with Crippen molar-refractivity contribution in [1.82, 2.24) is 4.98 Å². The van der Waals surface area contributed by atoms with Crippen molar-refractivity contribution in [3.8, 4) is 0 Å². The third kappa shape index (κ3) is 3.04. The molecule has 5 rings (SSSR count). The van der Waals surface area contributed by atoms with E-state index in [1.54, 1.807) is 66.7 Å². The standard InChI is InChI=1S/C22H12ClN3O3S/c23-13-7-10-17-18(11-13)30-22(24-17)25-19(27)12-5-8-14(9-6-12)26-20(28)15-3-1-2-4-16(15)21(26)29/h1-11H,(H,24,25,27). The van der Waals surface area contributed by atoms with E-state index in [9.17, 15) is 14.4 Å². The summed E-state index contributed by atoms with van der Waals surface area (Å²) >= 11 is 7.31. The maximum absolute atomic E-state index is 12.6. The lowest BCUT2D eigenvalue weighted by Crippen LogP contribution is -2.29. The normalized spacial score (nSPS) is 13.0. The molecule has 0 unspecified atom stereocenters. The highest BCUT2D eigenvalue weighted by Gasteiger charge is 2.36. The van der Waals surface area contributed by atoms with E-state index in [1.165, 1.54) is 11.3 Å². The third-order valence-electron chi connectivity index (χ3n) is 4.75. The smallest absolute Gasteiger partial charge is 0.266 e. The summed E-state index contributed by atoms with van der Waals surface area (Å²) in [5, 5.41) is 3.83. The molecule has 1 N–H and O–H groups in total. The van der Waals surface area contributed by atoms with Crippen LogP contribution in [0.4, 0.5) is 10.8 Å². The van der Waals surface area contributed by atoms with Gasteiger partial charge in [0.25, 0.3) is 17.7 Å². The molecule has 3 aromatic carbocycles. The van der Waals surface area contributed by atoms with Crippen LogP contribution in [0.5, 0.6) is 0 Å². The summed E-state index contributed by atoms with van der Waals surface area (Å²) in [6.45, 7) is 0. The summed E-state index contributed by atoms with van der Waals surface area (Å²) in [5.74, 6) is -1.09. The highest BCUT2D eigenvalue weighted by Crippen LogP contribution is 2.30. The first kappa shape index (κ1) is 18.5. The molecule has 0 saturated carbocycles. The first-order chi connectivity index (χ1) is 14.5. The van der Waals surface area contributed by atoms with Crippen LogP contribution in [0.1, 0.15) is 31.1 Å². The van der Waals surface area contributed by atoms with Crippen molar-refractivity contribution in [2.45, 2.75) is 0 Å². The molecule has 4 aromatic rings. The number of halogens is 1. The molecule has 0 bridgehead atoms. The number of fused-ring (bicyclic) bond motifs is 2. The van der Waals surface area contributed by atoms with Gasteiger partial charge in [-0.05, 0) is 54.6 Å². The van der Waals surface area contributed by atoms with Crippen LogP contribution in [0.2, 0.25) is 5.02 Å². The molecular formula is C22H12ClN3O3S. The number of hydrogen-bond donors (Lipinski definition) is 1. The zero-order valence-electron chi connectivity index (χ0n) is 15.3. The van der Waals surface area contributed by atoms with E-state index in [1.807, 2.05) is 0 Å². The van der Waals surface area contributed by atoms with Crippen LogP contribution in [0, 0.1) is 0 Å². The minimum absolute atomic E-state index is 0.339. The van der Waals surface area contributed by atoms with Gasteiger partial charge in [-0.2, -0.15) is 0 Å². The number of hydrogen-bond acceptors (Lipinski definition) is 5. The number of amides is 3. The Morgan fingerprint density at radius 1 is 0.933 bits per heavy atom. The first-order valence-electron chi connectivity index (χ1n) is 8.96. The highest BCUT2D eigenvalue weighted by molar-refractivity contribution is 7.22. The zero-order valence-corrected chi connectivity index (χ0v) is 16.8. The van der Waals surface area contributed by atoms with Gasteiger partial charge >= 0.3 is 0 Å². The van der Waals surface area contributed by atoms with Crippen LogP contribution in [0.15, 0.2) is 66.7 Å². The summed E-state index contributed by atoms with van der Waals surface area (Å²) in [7, 11) is 0. The van der Waals surface area contributed by atoms with E-state index in [2.05, 4.69) is 10.3 Å². The second kappa shape index (κ2) is 7.05. The Labute approximate surface area is 179 Å². The van der Waals surface area contributed by atoms with Crippen LogP contribution in [0.25, 0.3) is 10.2 Å².